The van der Waals surface area contributed by atoms with Gasteiger partial charge >= 0.3 is 0 Å². The first-order valence-electron chi connectivity index (χ1n) is 10.2. The minimum atomic E-state index is -0.115. The van der Waals surface area contributed by atoms with Crippen LogP contribution in [0.5, 0.6) is 0 Å². The number of carbonyl (C=O) groups excluding carboxylic acids is 1. The van der Waals surface area contributed by atoms with Gasteiger partial charge in [-0.05, 0) is 26.3 Å². The van der Waals surface area contributed by atoms with Crippen LogP contribution in [0.3, 0.4) is 0 Å². The predicted molar refractivity (Wildman–Crippen MR) is 110 cm³/mol. The van der Waals surface area contributed by atoms with E-state index < -0.39 is 0 Å². The average Bonchev–Trinajstić information content (AvgIpc) is 3.13. The first-order valence-corrected chi connectivity index (χ1v) is 11.0. The van der Waals surface area contributed by atoms with Gasteiger partial charge in [-0.1, -0.05) is 24.7 Å². The molecule has 9 heteroatoms. The van der Waals surface area contributed by atoms with Gasteiger partial charge in [0.2, 0.25) is 16.0 Å². The van der Waals surface area contributed by atoms with Crippen LogP contribution >= 0.6 is 11.3 Å². The van der Waals surface area contributed by atoms with Gasteiger partial charge in [-0.15, -0.1) is 5.10 Å². The molecule has 2 saturated heterocycles. The maximum Gasteiger partial charge on any atom is 0.275 e. The van der Waals surface area contributed by atoms with Crippen LogP contribution in [0.1, 0.15) is 31.9 Å². The molecule has 152 valence electrons. The lowest BCUT2D eigenvalue weighted by molar-refractivity contribution is -0.137. The summed E-state index contributed by atoms with van der Waals surface area (Å²) in [4.78, 5) is 36.8. The summed E-state index contributed by atoms with van der Waals surface area (Å²) in [5, 5.41) is 5.31. The molecule has 0 aliphatic carbocycles. The Hall–Kier alpha value is -2.00. The summed E-state index contributed by atoms with van der Waals surface area (Å²) >= 11 is 1.46. The Kier molecular flexibility index (Phi) is 5.63. The molecule has 0 atom stereocenters. The van der Waals surface area contributed by atoms with Crippen LogP contribution < -0.4 is 10.5 Å². The molecule has 2 aromatic heterocycles. The third kappa shape index (κ3) is 3.91. The van der Waals surface area contributed by atoms with Gasteiger partial charge < -0.3 is 14.7 Å². The smallest absolute Gasteiger partial charge is 0.275 e. The van der Waals surface area contributed by atoms with Gasteiger partial charge in [-0.25, -0.2) is 4.98 Å². The van der Waals surface area contributed by atoms with E-state index in [2.05, 4.69) is 33.9 Å². The molecule has 2 aliphatic heterocycles. The third-order valence-corrected chi connectivity index (χ3v) is 6.69. The zero-order valence-corrected chi connectivity index (χ0v) is 17.5. The maximum atomic E-state index is 12.8. The molecule has 28 heavy (non-hydrogen) atoms. The molecule has 0 saturated carbocycles. The molecule has 8 nitrogen and oxygen atoms in total. The van der Waals surface area contributed by atoms with Crippen LogP contribution in [0.2, 0.25) is 0 Å². The highest BCUT2D eigenvalue weighted by atomic mass is 32.1. The number of nitrogens with zero attached hydrogens (tertiary/aromatic N) is 6. The molecule has 0 aromatic carbocycles. The maximum absolute atomic E-state index is 12.8. The standard InChI is InChI=1S/C19H28N6O2S/c1-3-4-15-13-16(26)25-18(20-15)28-19(21-25)24-7-5-14(6-8-24)17(27)23-11-9-22(2)10-12-23/h13-14H,3-12H2,1-2H3. The first-order chi connectivity index (χ1) is 13.5. The minimum Gasteiger partial charge on any atom is -0.347 e. The van der Waals surface area contributed by atoms with Gasteiger partial charge in [0.05, 0.1) is 0 Å². The van der Waals surface area contributed by atoms with E-state index in [4.69, 9.17) is 0 Å². The Bertz CT molecular complexity index is 893. The summed E-state index contributed by atoms with van der Waals surface area (Å²) in [6.45, 7) is 7.25. The molecule has 0 bridgehead atoms. The molecule has 0 spiro atoms. The van der Waals surface area contributed by atoms with E-state index >= 15 is 0 Å². The second kappa shape index (κ2) is 8.16. The zero-order chi connectivity index (χ0) is 19.7. The number of fused-ring (bicyclic) bond motifs is 1. The lowest BCUT2D eigenvalue weighted by Crippen LogP contribution is -2.50. The van der Waals surface area contributed by atoms with Crippen LogP contribution in [-0.2, 0) is 11.2 Å². The van der Waals surface area contributed by atoms with E-state index in [1.807, 2.05) is 4.90 Å². The van der Waals surface area contributed by atoms with Crippen LogP contribution in [0.4, 0.5) is 5.13 Å². The van der Waals surface area contributed by atoms with Crippen molar-refractivity contribution in [2.45, 2.75) is 32.6 Å². The summed E-state index contributed by atoms with van der Waals surface area (Å²) in [5.41, 5.74) is 0.718. The molecule has 2 aromatic rings. The van der Waals surface area contributed by atoms with Gasteiger partial charge in [0, 0.05) is 56.9 Å². The first kappa shape index (κ1) is 19.3. The predicted octanol–water partition coefficient (Wildman–Crippen LogP) is 1.09. The number of hydrogen-bond acceptors (Lipinski definition) is 7. The number of aromatic nitrogens is 3. The number of aryl methyl sites for hydroxylation is 1. The van der Waals surface area contributed by atoms with E-state index in [1.54, 1.807) is 6.07 Å². The number of piperazine rings is 1. The fourth-order valence-corrected chi connectivity index (χ4v) is 4.94. The highest BCUT2D eigenvalue weighted by Gasteiger charge is 2.31. The average molecular weight is 405 g/mol. The second-order valence-corrected chi connectivity index (χ2v) is 8.74. The Morgan fingerprint density at radius 2 is 1.89 bits per heavy atom. The molecule has 0 unspecified atom stereocenters. The lowest BCUT2D eigenvalue weighted by atomic mass is 9.95. The van der Waals surface area contributed by atoms with Gasteiger partial charge in [0.25, 0.3) is 5.56 Å². The topological polar surface area (TPSA) is 74.1 Å². The molecule has 0 radical (unpaired) electrons. The molecule has 4 rings (SSSR count). The highest BCUT2D eigenvalue weighted by molar-refractivity contribution is 7.20. The van der Waals surface area contributed by atoms with Crippen molar-refractivity contribution in [3.8, 4) is 0 Å². The van der Waals surface area contributed by atoms with Crippen molar-refractivity contribution in [3.05, 3.63) is 22.1 Å². The molecule has 0 N–H and O–H groups in total. The minimum absolute atomic E-state index is 0.103. The molecular formula is C19H28N6O2S. The Morgan fingerprint density at radius 3 is 2.57 bits per heavy atom. The van der Waals surface area contributed by atoms with Crippen LogP contribution in [0.15, 0.2) is 10.9 Å². The van der Waals surface area contributed by atoms with Crippen molar-refractivity contribution in [2.24, 2.45) is 5.92 Å². The van der Waals surface area contributed by atoms with Crippen molar-refractivity contribution in [3.63, 3.8) is 0 Å². The number of amides is 1. The fraction of sp³-hybridized carbons (Fsp3) is 0.684. The Labute approximate surface area is 168 Å². The molecular weight excluding hydrogens is 376 g/mol. The number of likely N-dealkylation sites (N-methyl/N-ethyl adjacent to an activating group) is 1. The van der Waals surface area contributed by atoms with Gasteiger partial charge in [0.1, 0.15) is 0 Å². The summed E-state index contributed by atoms with van der Waals surface area (Å²) in [7, 11) is 2.10. The largest absolute Gasteiger partial charge is 0.347 e. The van der Waals surface area contributed by atoms with Gasteiger partial charge in [-0.3, -0.25) is 9.59 Å². The molecule has 4 heterocycles. The third-order valence-electron chi connectivity index (χ3n) is 5.72. The van der Waals surface area contributed by atoms with E-state index in [0.29, 0.717) is 10.9 Å². The molecule has 2 aliphatic rings. The summed E-state index contributed by atoms with van der Waals surface area (Å²) in [6.07, 6.45) is 3.44. The zero-order valence-electron chi connectivity index (χ0n) is 16.6. The summed E-state index contributed by atoms with van der Waals surface area (Å²) < 4.78 is 1.40. The second-order valence-electron chi connectivity index (χ2n) is 7.80. The number of anilines is 1. The van der Waals surface area contributed by atoms with E-state index in [-0.39, 0.29) is 11.5 Å². The number of rotatable bonds is 4. The number of piperidine rings is 1. The van der Waals surface area contributed by atoms with Crippen molar-refractivity contribution < 1.29 is 4.79 Å². The van der Waals surface area contributed by atoms with Crippen molar-refractivity contribution in [1.29, 1.82) is 0 Å². The van der Waals surface area contributed by atoms with E-state index in [9.17, 15) is 9.59 Å². The van der Waals surface area contributed by atoms with E-state index in [0.717, 1.165) is 75.8 Å². The fourth-order valence-electron chi connectivity index (χ4n) is 3.96. The van der Waals surface area contributed by atoms with Crippen molar-refractivity contribution in [2.75, 3.05) is 51.2 Å². The highest BCUT2D eigenvalue weighted by Crippen LogP contribution is 2.28. The Morgan fingerprint density at radius 1 is 1.18 bits per heavy atom. The van der Waals surface area contributed by atoms with Crippen molar-refractivity contribution >= 4 is 27.3 Å². The summed E-state index contributed by atoms with van der Waals surface area (Å²) in [6, 6.07) is 1.58. The number of hydrogen-bond donors (Lipinski definition) is 0. The van der Waals surface area contributed by atoms with Crippen LogP contribution in [0.25, 0.3) is 4.96 Å². The van der Waals surface area contributed by atoms with E-state index in [1.165, 1.54) is 15.9 Å². The number of carbonyl (C=O) groups is 1. The van der Waals surface area contributed by atoms with Gasteiger partial charge in [-0.2, -0.15) is 4.52 Å². The van der Waals surface area contributed by atoms with Gasteiger partial charge in [0.15, 0.2) is 0 Å². The van der Waals surface area contributed by atoms with Crippen LogP contribution in [0, 0.1) is 5.92 Å². The molecule has 2 fully saturated rings. The van der Waals surface area contributed by atoms with Crippen LogP contribution in [-0.4, -0.2) is 76.6 Å². The SMILES string of the molecule is CCCc1cc(=O)n2nc(N3CCC(C(=O)N4CCN(C)CC4)CC3)sc2n1. The summed E-state index contributed by atoms with van der Waals surface area (Å²) in [5.74, 6) is 0.408. The molecule has 1 amide bonds. The quantitative estimate of drug-likeness (QED) is 0.760. The van der Waals surface area contributed by atoms with Crippen molar-refractivity contribution in [1.82, 2.24) is 24.4 Å². The monoisotopic (exact) mass is 404 g/mol. The Balaban J connectivity index is 1.41. The normalized spacial score (nSPS) is 19.5. The lowest BCUT2D eigenvalue weighted by Gasteiger charge is -2.37.